The van der Waals surface area contributed by atoms with E-state index < -0.39 is 5.82 Å². The van der Waals surface area contributed by atoms with E-state index in [0.29, 0.717) is 23.9 Å². The van der Waals surface area contributed by atoms with Crippen LogP contribution in [0.4, 0.5) is 8.78 Å². The van der Waals surface area contributed by atoms with Crippen LogP contribution in [0.3, 0.4) is 0 Å². The monoisotopic (exact) mass is 213 g/mol. The highest BCUT2D eigenvalue weighted by Crippen LogP contribution is 2.19. The zero-order chi connectivity index (χ0) is 11.3. The molecule has 0 aliphatic rings. The van der Waals surface area contributed by atoms with Crippen LogP contribution in [0.15, 0.2) is 30.1 Å². The van der Waals surface area contributed by atoms with E-state index in [1.54, 1.807) is 6.07 Å². The summed E-state index contributed by atoms with van der Waals surface area (Å²) in [5.74, 6) is -0.275. The van der Waals surface area contributed by atoms with Crippen molar-refractivity contribution in [2.24, 2.45) is 5.73 Å². The Morgan fingerprint density at radius 3 is 2.73 bits per heavy atom. The quantitative estimate of drug-likeness (QED) is 0.832. The molecule has 0 radical (unpaired) electrons. The molecule has 1 aromatic carbocycles. The first-order valence-corrected chi connectivity index (χ1v) is 4.52. The number of benzene rings is 1. The molecular formula is C11H13F2NO. The summed E-state index contributed by atoms with van der Waals surface area (Å²) in [7, 11) is 1.39. The predicted molar refractivity (Wildman–Crippen MR) is 54.9 cm³/mol. The number of hydrogen-bond acceptors (Lipinski definition) is 2. The Labute approximate surface area is 87.4 Å². The van der Waals surface area contributed by atoms with Crippen LogP contribution in [0.2, 0.25) is 0 Å². The maximum Gasteiger partial charge on any atom is 0.165 e. The molecule has 0 aliphatic carbocycles. The van der Waals surface area contributed by atoms with Crippen LogP contribution in [0, 0.1) is 5.82 Å². The maximum absolute atomic E-state index is 13.2. The molecule has 0 bridgehead atoms. The highest BCUT2D eigenvalue weighted by molar-refractivity contribution is 5.31. The third-order valence-corrected chi connectivity index (χ3v) is 2.06. The van der Waals surface area contributed by atoms with Gasteiger partial charge in [0.15, 0.2) is 11.6 Å². The first-order valence-electron chi connectivity index (χ1n) is 4.52. The summed E-state index contributed by atoms with van der Waals surface area (Å²) in [6.45, 7) is 0.129. The molecule has 1 aromatic rings. The minimum Gasteiger partial charge on any atom is -0.494 e. The molecule has 2 nitrogen and oxygen atoms in total. The fourth-order valence-electron chi connectivity index (χ4n) is 1.24. The topological polar surface area (TPSA) is 35.2 Å². The van der Waals surface area contributed by atoms with Crippen molar-refractivity contribution in [1.82, 2.24) is 0 Å². The first-order chi connectivity index (χ1) is 7.21. The Hall–Kier alpha value is -1.42. The molecule has 0 atom stereocenters. The van der Waals surface area contributed by atoms with Gasteiger partial charge in [-0.15, -0.1) is 0 Å². The molecule has 1 rings (SSSR count). The average Bonchev–Trinajstić information content (AvgIpc) is 2.26. The summed E-state index contributed by atoms with van der Waals surface area (Å²) in [5, 5.41) is 0. The van der Waals surface area contributed by atoms with Crippen molar-refractivity contribution in [3.05, 3.63) is 41.5 Å². The molecule has 0 aliphatic heterocycles. The van der Waals surface area contributed by atoms with Gasteiger partial charge in [0.2, 0.25) is 0 Å². The van der Waals surface area contributed by atoms with Crippen LogP contribution >= 0.6 is 0 Å². The van der Waals surface area contributed by atoms with Crippen molar-refractivity contribution < 1.29 is 13.5 Å². The molecule has 0 aromatic heterocycles. The van der Waals surface area contributed by atoms with Crippen LogP contribution in [0.25, 0.3) is 0 Å². The number of hydrogen-bond donors (Lipinski definition) is 1. The van der Waals surface area contributed by atoms with Crippen molar-refractivity contribution in [3.63, 3.8) is 0 Å². The molecule has 0 fully saturated rings. The highest BCUT2D eigenvalue weighted by atomic mass is 19.1. The van der Waals surface area contributed by atoms with Crippen molar-refractivity contribution in [2.45, 2.75) is 6.42 Å². The van der Waals surface area contributed by atoms with E-state index in [0.717, 1.165) is 0 Å². The third kappa shape index (κ3) is 3.02. The van der Waals surface area contributed by atoms with Crippen molar-refractivity contribution in [2.75, 3.05) is 13.7 Å². The van der Waals surface area contributed by atoms with E-state index in [4.69, 9.17) is 10.5 Å². The number of ether oxygens (including phenoxy) is 1. The highest BCUT2D eigenvalue weighted by Gasteiger charge is 2.04. The molecule has 2 N–H and O–H groups in total. The molecule has 4 heteroatoms. The maximum atomic E-state index is 13.2. The molecular weight excluding hydrogens is 200 g/mol. The lowest BCUT2D eigenvalue weighted by molar-refractivity contribution is 0.386. The van der Waals surface area contributed by atoms with Gasteiger partial charge < -0.3 is 10.5 Å². The lowest BCUT2D eigenvalue weighted by Gasteiger charge is -2.06. The Kier molecular flexibility index (Phi) is 4.24. The number of rotatable bonds is 4. The van der Waals surface area contributed by atoms with Crippen LogP contribution in [-0.2, 0) is 6.42 Å². The van der Waals surface area contributed by atoms with E-state index in [1.807, 2.05) is 0 Å². The fourth-order valence-corrected chi connectivity index (χ4v) is 1.24. The zero-order valence-electron chi connectivity index (χ0n) is 8.47. The number of nitrogens with two attached hydrogens (primary N) is 1. The Bertz CT molecular complexity index is 364. The van der Waals surface area contributed by atoms with Crippen molar-refractivity contribution >= 4 is 0 Å². The van der Waals surface area contributed by atoms with Crippen LogP contribution in [0.1, 0.15) is 5.56 Å². The minimum absolute atomic E-state index is 0.129. The van der Waals surface area contributed by atoms with Crippen LogP contribution < -0.4 is 10.5 Å². The average molecular weight is 213 g/mol. The molecule has 82 valence electrons. The molecule has 0 amide bonds. The van der Waals surface area contributed by atoms with E-state index in [1.165, 1.54) is 19.2 Å². The molecule has 0 saturated carbocycles. The van der Waals surface area contributed by atoms with Crippen molar-refractivity contribution in [1.29, 1.82) is 0 Å². The van der Waals surface area contributed by atoms with Gasteiger partial charge in [0.25, 0.3) is 0 Å². The SMILES string of the molecule is COc1ccc(C/C(=C/F)CN)cc1F. The molecule has 0 saturated heterocycles. The second kappa shape index (κ2) is 5.46. The second-order valence-electron chi connectivity index (χ2n) is 3.12. The van der Waals surface area contributed by atoms with Crippen molar-refractivity contribution in [3.8, 4) is 5.75 Å². The summed E-state index contributed by atoms with van der Waals surface area (Å²) in [4.78, 5) is 0. The van der Waals surface area contributed by atoms with Gasteiger partial charge in [-0.2, -0.15) is 0 Å². The summed E-state index contributed by atoms with van der Waals surface area (Å²) in [6.07, 6.45) is 0.774. The number of halogens is 2. The van der Waals surface area contributed by atoms with E-state index in [2.05, 4.69) is 0 Å². The van der Waals surface area contributed by atoms with Gasteiger partial charge in [0, 0.05) is 6.54 Å². The van der Waals surface area contributed by atoms with E-state index >= 15 is 0 Å². The lowest BCUT2D eigenvalue weighted by Crippen LogP contribution is -2.05. The van der Waals surface area contributed by atoms with Crippen LogP contribution in [-0.4, -0.2) is 13.7 Å². The van der Waals surface area contributed by atoms with Gasteiger partial charge in [-0.3, -0.25) is 0 Å². The third-order valence-electron chi connectivity index (χ3n) is 2.06. The van der Waals surface area contributed by atoms with Crippen LogP contribution in [0.5, 0.6) is 5.75 Å². The lowest BCUT2D eigenvalue weighted by atomic mass is 10.1. The molecule has 0 heterocycles. The smallest absolute Gasteiger partial charge is 0.165 e. The van der Waals surface area contributed by atoms with Gasteiger partial charge >= 0.3 is 0 Å². The Morgan fingerprint density at radius 1 is 1.53 bits per heavy atom. The molecule has 15 heavy (non-hydrogen) atoms. The molecule has 0 spiro atoms. The predicted octanol–water partition coefficient (Wildman–Crippen LogP) is 2.19. The van der Waals surface area contributed by atoms with Gasteiger partial charge in [-0.1, -0.05) is 6.07 Å². The first kappa shape index (κ1) is 11.7. The molecule has 0 unspecified atom stereocenters. The Balaban J connectivity index is 2.84. The zero-order valence-corrected chi connectivity index (χ0v) is 8.47. The summed E-state index contributed by atoms with van der Waals surface area (Å²) in [6, 6.07) is 4.51. The van der Waals surface area contributed by atoms with E-state index in [-0.39, 0.29) is 12.3 Å². The second-order valence-corrected chi connectivity index (χ2v) is 3.12. The van der Waals surface area contributed by atoms with Gasteiger partial charge in [0.1, 0.15) is 0 Å². The Morgan fingerprint density at radius 2 is 2.27 bits per heavy atom. The van der Waals surface area contributed by atoms with Gasteiger partial charge in [0.05, 0.1) is 13.4 Å². The van der Waals surface area contributed by atoms with Gasteiger partial charge in [-0.25, -0.2) is 8.78 Å². The largest absolute Gasteiger partial charge is 0.494 e. The normalized spacial score (nSPS) is 11.6. The van der Waals surface area contributed by atoms with E-state index in [9.17, 15) is 8.78 Å². The summed E-state index contributed by atoms with van der Waals surface area (Å²) >= 11 is 0. The fraction of sp³-hybridized carbons (Fsp3) is 0.273. The summed E-state index contributed by atoms with van der Waals surface area (Å²) in [5.41, 5.74) is 6.40. The number of methoxy groups -OCH3 is 1. The standard InChI is InChI=1S/C11H13F2NO/c1-15-11-3-2-8(5-10(11)13)4-9(6-12)7-14/h2-3,5-6H,4,7,14H2,1H3/b9-6-. The minimum atomic E-state index is -0.453. The summed E-state index contributed by atoms with van der Waals surface area (Å²) < 4.78 is 30.2. The van der Waals surface area contributed by atoms with Gasteiger partial charge in [-0.05, 0) is 29.7 Å².